The molecule has 0 aromatic heterocycles. The molecule has 0 aliphatic carbocycles. The first-order chi connectivity index (χ1) is 9.61. The number of rotatable bonds is 4. The maximum atomic E-state index is 8.89. The van der Waals surface area contributed by atoms with Crippen LogP contribution in [0.1, 0.15) is 32.3 Å². The van der Waals surface area contributed by atoms with Gasteiger partial charge < -0.3 is 9.47 Å². The van der Waals surface area contributed by atoms with Gasteiger partial charge in [0.15, 0.2) is 5.79 Å². The Kier molecular flexibility index (Phi) is 4.94. The molecule has 1 aromatic carbocycles. The lowest BCUT2D eigenvalue weighted by Crippen LogP contribution is -2.45. The van der Waals surface area contributed by atoms with Gasteiger partial charge in [0.05, 0.1) is 18.8 Å². The van der Waals surface area contributed by atoms with E-state index in [0.717, 1.165) is 6.42 Å². The second-order valence-electron chi connectivity index (χ2n) is 5.54. The third kappa shape index (κ3) is 4.19. The molecule has 1 aliphatic heterocycles. The van der Waals surface area contributed by atoms with Gasteiger partial charge in [-0.25, -0.2) is 0 Å². The fraction of sp³-hybridized carbons (Fsp3) is 0.471. The van der Waals surface area contributed by atoms with Gasteiger partial charge in [0.25, 0.3) is 0 Å². The molecule has 0 saturated carbocycles. The summed E-state index contributed by atoms with van der Waals surface area (Å²) in [4.78, 5) is 0. The summed E-state index contributed by atoms with van der Waals surface area (Å²) in [7, 11) is 0. The van der Waals surface area contributed by atoms with Gasteiger partial charge in [0, 0.05) is 12.3 Å². The number of nitriles is 1. The molecule has 0 bridgehead atoms. The first kappa shape index (κ1) is 14.8. The van der Waals surface area contributed by atoms with E-state index in [2.05, 4.69) is 30.4 Å². The Labute approximate surface area is 120 Å². The second kappa shape index (κ2) is 6.69. The summed E-state index contributed by atoms with van der Waals surface area (Å²) in [6.07, 6.45) is 5.52. The van der Waals surface area contributed by atoms with E-state index in [0.29, 0.717) is 13.0 Å². The zero-order chi connectivity index (χ0) is 14.4. The van der Waals surface area contributed by atoms with E-state index in [1.54, 1.807) is 0 Å². The molecule has 0 unspecified atom stereocenters. The van der Waals surface area contributed by atoms with E-state index in [1.165, 1.54) is 5.56 Å². The predicted molar refractivity (Wildman–Crippen MR) is 78.7 cm³/mol. The molecule has 1 heterocycles. The molecule has 1 aromatic rings. The van der Waals surface area contributed by atoms with E-state index in [1.807, 2.05) is 32.0 Å². The van der Waals surface area contributed by atoms with Crippen LogP contribution in [-0.4, -0.2) is 18.5 Å². The topological polar surface area (TPSA) is 42.2 Å². The number of hydrogen-bond donors (Lipinski definition) is 0. The van der Waals surface area contributed by atoms with E-state index in [9.17, 15) is 0 Å². The molecular formula is C17H21NO2. The number of benzene rings is 1. The Balaban J connectivity index is 1.97. The molecule has 3 heteroatoms. The van der Waals surface area contributed by atoms with E-state index >= 15 is 0 Å². The fourth-order valence-corrected chi connectivity index (χ4v) is 2.36. The largest absolute Gasteiger partial charge is 0.350 e. The zero-order valence-electron chi connectivity index (χ0n) is 12.1. The van der Waals surface area contributed by atoms with Crippen molar-refractivity contribution in [1.29, 1.82) is 5.26 Å². The van der Waals surface area contributed by atoms with Crippen molar-refractivity contribution in [2.24, 2.45) is 5.92 Å². The Morgan fingerprint density at radius 1 is 1.35 bits per heavy atom. The van der Waals surface area contributed by atoms with Crippen molar-refractivity contribution in [3.05, 3.63) is 42.0 Å². The second-order valence-corrected chi connectivity index (χ2v) is 5.54. The van der Waals surface area contributed by atoms with Crippen LogP contribution in [0.5, 0.6) is 0 Å². The smallest absolute Gasteiger partial charge is 0.163 e. The van der Waals surface area contributed by atoms with Gasteiger partial charge in [-0.1, -0.05) is 42.5 Å². The summed E-state index contributed by atoms with van der Waals surface area (Å²) < 4.78 is 11.6. The van der Waals surface area contributed by atoms with E-state index in [-0.39, 0.29) is 12.0 Å². The minimum Gasteiger partial charge on any atom is -0.350 e. The summed E-state index contributed by atoms with van der Waals surface area (Å²) >= 11 is 0. The van der Waals surface area contributed by atoms with Gasteiger partial charge >= 0.3 is 0 Å². The van der Waals surface area contributed by atoms with Crippen LogP contribution in [-0.2, 0) is 9.47 Å². The normalized spacial score (nSPS) is 25.4. The molecule has 2 atom stereocenters. The van der Waals surface area contributed by atoms with Crippen LogP contribution in [0.3, 0.4) is 0 Å². The van der Waals surface area contributed by atoms with Crippen LogP contribution in [0.2, 0.25) is 0 Å². The van der Waals surface area contributed by atoms with Gasteiger partial charge in [-0.15, -0.1) is 0 Å². The molecule has 0 N–H and O–H groups in total. The minimum atomic E-state index is -0.558. The lowest BCUT2D eigenvalue weighted by molar-refractivity contribution is -0.291. The molecule has 1 aliphatic rings. The molecule has 2 rings (SSSR count). The summed E-state index contributed by atoms with van der Waals surface area (Å²) in [6.45, 7) is 4.43. The SMILES string of the molecule is CC1(C)OC[C@@H](CC#N)[C@@H](C/C=C/c2ccccc2)O1. The van der Waals surface area contributed by atoms with Crippen molar-refractivity contribution < 1.29 is 9.47 Å². The third-order valence-corrected chi connectivity index (χ3v) is 3.44. The van der Waals surface area contributed by atoms with E-state index in [4.69, 9.17) is 14.7 Å². The van der Waals surface area contributed by atoms with E-state index < -0.39 is 5.79 Å². The number of ether oxygens (including phenoxy) is 2. The Morgan fingerprint density at radius 3 is 2.80 bits per heavy atom. The molecule has 20 heavy (non-hydrogen) atoms. The van der Waals surface area contributed by atoms with Crippen LogP contribution in [0.15, 0.2) is 36.4 Å². The van der Waals surface area contributed by atoms with Crippen LogP contribution in [0, 0.1) is 17.2 Å². The highest BCUT2D eigenvalue weighted by Gasteiger charge is 2.35. The minimum absolute atomic E-state index is 0.0402. The standard InChI is InChI=1S/C17H21NO2/c1-17(2)19-13-15(11-12-18)16(20-17)10-6-9-14-7-4-3-5-8-14/h3-9,15-16H,10-11,13H2,1-2H3/b9-6+/t15-,16-/m1/s1. The monoisotopic (exact) mass is 271 g/mol. The lowest BCUT2D eigenvalue weighted by atomic mass is 9.95. The summed E-state index contributed by atoms with van der Waals surface area (Å²) in [6, 6.07) is 12.4. The van der Waals surface area contributed by atoms with Crippen molar-refractivity contribution in [1.82, 2.24) is 0 Å². The molecule has 106 valence electrons. The Hall–Kier alpha value is -1.63. The zero-order valence-corrected chi connectivity index (χ0v) is 12.1. The van der Waals surface area contributed by atoms with Crippen molar-refractivity contribution in [2.45, 2.75) is 38.6 Å². The number of hydrogen-bond acceptors (Lipinski definition) is 3. The molecule has 0 amide bonds. The van der Waals surface area contributed by atoms with Crippen molar-refractivity contribution >= 4 is 6.08 Å². The van der Waals surface area contributed by atoms with Crippen LogP contribution in [0.25, 0.3) is 6.08 Å². The average Bonchev–Trinajstić information content (AvgIpc) is 2.43. The highest BCUT2D eigenvalue weighted by atomic mass is 16.7. The van der Waals surface area contributed by atoms with Gasteiger partial charge in [-0.05, 0) is 25.8 Å². The average molecular weight is 271 g/mol. The summed E-state index contributed by atoms with van der Waals surface area (Å²) in [5, 5.41) is 8.89. The summed E-state index contributed by atoms with van der Waals surface area (Å²) in [5.41, 5.74) is 1.18. The molecule has 3 nitrogen and oxygen atoms in total. The quantitative estimate of drug-likeness (QED) is 0.837. The lowest BCUT2D eigenvalue weighted by Gasteiger charge is -2.40. The van der Waals surface area contributed by atoms with Crippen molar-refractivity contribution in [2.75, 3.05) is 6.61 Å². The Bertz CT molecular complexity index is 487. The fourth-order valence-electron chi connectivity index (χ4n) is 2.36. The predicted octanol–water partition coefficient (Wildman–Crippen LogP) is 3.77. The van der Waals surface area contributed by atoms with Crippen LogP contribution >= 0.6 is 0 Å². The van der Waals surface area contributed by atoms with Crippen LogP contribution in [0.4, 0.5) is 0 Å². The summed E-state index contributed by atoms with van der Waals surface area (Å²) in [5.74, 6) is -0.412. The highest BCUT2D eigenvalue weighted by Crippen LogP contribution is 2.30. The van der Waals surface area contributed by atoms with Crippen molar-refractivity contribution in [3.63, 3.8) is 0 Å². The van der Waals surface area contributed by atoms with Gasteiger partial charge in [0.1, 0.15) is 0 Å². The van der Waals surface area contributed by atoms with Gasteiger partial charge in [0.2, 0.25) is 0 Å². The maximum Gasteiger partial charge on any atom is 0.163 e. The molecule has 1 saturated heterocycles. The maximum absolute atomic E-state index is 8.89. The molecule has 0 radical (unpaired) electrons. The highest BCUT2D eigenvalue weighted by molar-refractivity contribution is 5.48. The first-order valence-electron chi connectivity index (χ1n) is 7.01. The van der Waals surface area contributed by atoms with Crippen molar-refractivity contribution in [3.8, 4) is 6.07 Å². The molecule has 0 spiro atoms. The van der Waals surface area contributed by atoms with Crippen LogP contribution < -0.4 is 0 Å². The first-order valence-corrected chi connectivity index (χ1v) is 7.01. The van der Waals surface area contributed by atoms with Gasteiger partial charge in [-0.3, -0.25) is 0 Å². The molecular weight excluding hydrogens is 250 g/mol. The van der Waals surface area contributed by atoms with Gasteiger partial charge in [-0.2, -0.15) is 5.26 Å². The molecule has 1 fully saturated rings. The third-order valence-electron chi connectivity index (χ3n) is 3.44. The Morgan fingerprint density at radius 2 is 2.10 bits per heavy atom. The number of nitrogens with zero attached hydrogens (tertiary/aromatic N) is 1.